The third-order valence-electron chi connectivity index (χ3n) is 2.77. The van der Waals surface area contributed by atoms with Crippen LogP contribution < -0.4 is 16.0 Å². The van der Waals surface area contributed by atoms with Gasteiger partial charge in [-0.25, -0.2) is 4.79 Å². The molecule has 3 amide bonds. The molecule has 7 heteroatoms. The number of carbonyl (C=O) groups is 2. The molecule has 1 heterocycles. The van der Waals surface area contributed by atoms with Crippen LogP contribution in [-0.4, -0.2) is 24.5 Å². The Morgan fingerprint density at radius 1 is 1.47 bits per heavy atom. The number of amides is 3. The second-order valence-electron chi connectivity index (χ2n) is 4.21. The van der Waals surface area contributed by atoms with Crippen molar-refractivity contribution >= 4 is 45.2 Å². The summed E-state index contributed by atoms with van der Waals surface area (Å²) in [5.41, 5.74) is 0.602. The average Bonchev–Trinajstić information content (AvgIpc) is 2.37. The second-order valence-corrected chi connectivity index (χ2v) is 5.47. The van der Waals surface area contributed by atoms with Crippen molar-refractivity contribution in [2.75, 3.05) is 11.9 Å². The highest BCUT2D eigenvalue weighted by Crippen LogP contribution is 2.25. The molecule has 0 aliphatic carbocycles. The Bertz CT molecular complexity index is 510. The van der Waals surface area contributed by atoms with Gasteiger partial charge in [-0.05, 0) is 47.0 Å². The molecule has 1 fully saturated rings. The number of nitrogens with one attached hydrogen (secondary N) is 3. The number of anilines is 1. The highest BCUT2D eigenvalue weighted by atomic mass is 79.9. The van der Waals surface area contributed by atoms with Gasteiger partial charge in [0.05, 0.1) is 5.02 Å². The Labute approximate surface area is 124 Å². The van der Waals surface area contributed by atoms with Crippen molar-refractivity contribution in [3.63, 3.8) is 0 Å². The van der Waals surface area contributed by atoms with Crippen molar-refractivity contribution in [2.24, 2.45) is 0 Å². The smallest absolute Gasteiger partial charge is 0.319 e. The molecule has 1 aliphatic heterocycles. The second kappa shape index (κ2) is 6.25. The lowest BCUT2D eigenvalue weighted by Gasteiger charge is -2.22. The molecule has 1 aliphatic rings. The van der Waals surface area contributed by atoms with Crippen LogP contribution in [-0.2, 0) is 4.79 Å². The van der Waals surface area contributed by atoms with Gasteiger partial charge < -0.3 is 16.0 Å². The van der Waals surface area contributed by atoms with Crippen molar-refractivity contribution in [3.8, 4) is 0 Å². The van der Waals surface area contributed by atoms with E-state index < -0.39 is 12.1 Å². The lowest BCUT2D eigenvalue weighted by molar-refractivity contribution is -0.124. The maximum atomic E-state index is 11.8. The fraction of sp³-hybridized carbons (Fsp3) is 0.333. The van der Waals surface area contributed by atoms with Gasteiger partial charge in [-0.15, -0.1) is 0 Å². The van der Waals surface area contributed by atoms with E-state index >= 15 is 0 Å². The molecule has 1 atom stereocenters. The van der Waals surface area contributed by atoms with E-state index in [0.29, 0.717) is 28.1 Å². The molecule has 5 nitrogen and oxygen atoms in total. The Morgan fingerprint density at radius 3 is 2.95 bits per heavy atom. The standard InChI is InChI=1S/C12H13BrClN3O2/c13-8-6-7(3-4-9(8)14)16-12(19)17-10-2-1-5-15-11(10)18/h3-4,6,10H,1-2,5H2,(H,15,18)(H2,16,17,19)/t10-/m0/s1. The molecular formula is C12H13BrClN3O2. The van der Waals surface area contributed by atoms with Gasteiger partial charge >= 0.3 is 6.03 Å². The molecule has 0 aromatic heterocycles. The number of piperidine rings is 1. The minimum atomic E-state index is -0.468. The van der Waals surface area contributed by atoms with Crippen LogP contribution in [0.4, 0.5) is 10.5 Å². The Kier molecular flexibility index (Phi) is 4.66. The minimum Gasteiger partial charge on any atom is -0.354 e. The molecule has 0 bridgehead atoms. The van der Waals surface area contributed by atoms with Crippen LogP contribution in [0.3, 0.4) is 0 Å². The topological polar surface area (TPSA) is 70.2 Å². The lowest BCUT2D eigenvalue weighted by atomic mass is 10.1. The summed E-state index contributed by atoms with van der Waals surface area (Å²) < 4.78 is 0.697. The number of hydrogen-bond donors (Lipinski definition) is 3. The maximum absolute atomic E-state index is 11.8. The van der Waals surface area contributed by atoms with E-state index in [4.69, 9.17) is 11.6 Å². The molecule has 2 rings (SSSR count). The van der Waals surface area contributed by atoms with Crippen LogP contribution in [0.25, 0.3) is 0 Å². The van der Waals surface area contributed by atoms with Gasteiger partial charge in [0.25, 0.3) is 0 Å². The number of rotatable bonds is 2. The van der Waals surface area contributed by atoms with Gasteiger partial charge in [0, 0.05) is 16.7 Å². The number of hydrogen-bond acceptors (Lipinski definition) is 2. The summed E-state index contributed by atoms with van der Waals surface area (Å²) in [6.07, 6.45) is 1.52. The van der Waals surface area contributed by atoms with Crippen molar-refractivity contribution in [1.82, 2.24) is 10.6 Å². The fourth-order valence-electron chi connectivity index (χ4n) is 1.81. The molecule has 0 unspecified atom stereocenters. The molecule has 1 aromatic carbocycles. The first kappa shape index (κ1) is 14.1. The quantitative estimate of drug-likeness (QED) is 0.770. The number of urea groups is 1. The molecule has 1 aromatic rings. The third kappa shape index (κ3) is 3.84. The highest BCUT2D eigenvalue weighted by Gasteiger charge is 2.23. The first-order chi connectivity index (χ1) is 9.06. The predicted molar refractivity (Wildman–Crippen MR) is 77.3 cm³/mol. The molecule has 1 saturated heterocycles. The van der Waals surface area contributed by atoms with Crippen molar-refractivity contribution < 1.29 is 9.59 Å². The fourth-order valence-corrected chi connectivity index (χ4v) is 2.31. The summed E-state index contributed by atoms with van der Waals surface area (Å²) in [4.78, 5) is 23.3. The van der Waals surface area contributed by atoms with Crippen LogP contribution in [0, 0.1) is 0 Å². The Balaban J connectivity index is 1.93. The SMILES string of the molecule is O=C(Nc1ccc(Cl)c(Br)c1)N[C@H]1CCCNC1=O. The minimum absolute atomic E-state index is 0.140. The molecule has 102 valence electrons. The van der Waals surface area contributed by atoms with Crippen LogP contribution in [0.2, 0.25) is 5.02 Å². The van der Waals surface area contributed by atoms with E-state index in [9.17, 15) is 9.59 Å². The van der Waals surface area contributed by atoms with Crippen molar-refractivity contribution in [3.05, 3.63) is 27.7 Å². The Morgan fingerprint density at radius 2 is 2.26 bits per heavy atom. The number of benzene rings is 1. The van der Waals surface area contributed by atoms with Gasteiger partial charge in [0.2, 0.25) is 5.91 Å². The molecule has 0 saturated carbocycles. The largest absolute Gasteiger partial charge is 0.354 e. The summed E-state index contributed by atoms with van der Waals surface area (Å²) in [6, 6.07) is 4.19. The predicted octanol–water partition coefficient (Wildman–Crippen LogP) is 2.50. The summed E-state index contributed by atoms with van der Waals surface area (Å²) >= 11 is 9.14. The maximum Gasteiger partial charge on any atom is 0.319 e. The summed E-state index contributed by atoms with van der Waals surface area (Å²) in [5.74, 6) is -0.140. The van der Waals surface area contributed by atoms with Gasteiger partial charge in [-0.3, -0.25) is 4.79 Å². The molecule has 3 N–H and O–H groups in total. The zero-order valence-electron chi connectivity index (χ0n) is 10.0. The molecule has 0 radical (unpaired) electrons. The summed E-state index contributed by atoms with van der Waals surface area (Å²) in [6.45, 7) is 0.669. The van der Waals surface area contributed by atoms with E-state index in [2.05, 4.69) is 31.9 Å². The van der Waals surface area contributed by atoms with E-state index in [1.54, 1.807) is 18.2 Å². The summed E-state index contributed by atoms with van der Waals surface area (Å²) in [5, 5.41) is 8.58. The van der Waals surface area contributed by atoms with Gasteiger partial charge in [0.1, 0.15) is 6.04 Å². The van der Waals surface area contributed by atoms with E-state index in [0.717, 1.165) is 6.42 Å². The van der Waals surface area contributed by atoms with E-state index in [1.807, 2.05) is 0 Å². The summed E-state index contributed by atoms with van der Waals surface area (Å²) in [7, 11) is 0. The van der Waals surface area contributed by atoms with Crippen LogP contribution in [0.15, 0.2) is 22.7 Å². The number of carbonyl (C=O) groups excluding carboxylic acids is 2. The average molecular weight is 347 g/mol. The van der Waals surface area contributed by atoms with Crippen LogP contribution >= 0.6 is 27.5 Å². The van der Waals surface area contributed by atoms with E-state index in [-0.39, 0.29) is 5.91 Å². The van der Waals surface area contributed by atoms with Crippen molar-refractivity contribution in [1.29, 1.82) is 0 Å². The zero-order chi connectivity index (χ0) is 13.8. The zero-order valence-corrected chi connectivity index (χ0v) is 12.3. The highest BCUT2D eigenvalue weighted by molar-refractivity contribution is 9.10. The number of halogens is 2. The lowest BCUT2D eigenvalue weighted by Crippen LogP contribution is -2.51. The van der Waals surface area contributed by atoms with Gasteiger partial charge in [0.15, 0.2) is 0 Å². The van der Waals surface area contributed by atoms with E-state index in [1.165, 1.54) is 0 Å². The monoisotopic (exact) mass is 345 g/mol. The normalized spacial score (nSPS) is 18.6. The first-order valence-electron chi connectivity index (χ1n) is 5.86. The van der Waals surface area contributed by atoms with Gasteiger partial charge in [-0.2, -0.15) is 0 Å². The Hall–Kier alpha value is -1.27. The van der Waals surface area contributed by atoms with Crippen molar-refractivity contribution in [2.45, 2.75) is 18.9 Å². The van der Waals surface area contributed by atoms with Gasteiger partial charge in [-0.1, -0.05) is 11.6 Å². The molecule has 19 heavy (non-hydrogen) atoms. The third-order valence-corrected chi connectivity index (χ3v) is 3.98. The first-order valence-corrected chi connectivity index (χ1v) is 7.03. The van der Waals surface area contributed by atoms with Crippen LogP contribution in [0.1, 0.15) is 12.8 Å². The van der Waals surface area contributed by atoms with Crippen LogP contribution in [0.5, 0.6) is 0 Å². The molecule has 0 spiro atoms. The molecular weight excluding hydrogens is 334 g/mol.